The fourth-order valence-corrected chi connectivity index (χ4v) is 3.17. The molecule has 1 atom stereocenters. The average Bonchev–Trinajstić information content (AvgIpc) is 3.10. The van der Waals surface area contributed by atoms with Gasteiger partial charge in [0.05, 0.1) is 19.3 Å². The van der Waals surface area contributed by atoms with Crippen LogP contribution in [0.2, 0.25) is 0 Å². The molecule has 1 saturated heterocycles. The molecule has 0 aromatic heterocycles. The smallest absolute Gasteiger partial charge is 0.184 e. The fourth-order valence-electron chi connectivity index (χ4n) is 2.09. The Morgan fingerprint density at radius 3 is 2.63 bits per heavy atom. The first kappa shape index (κ1) is 13.0. The lowest BCUT2D eigenvalue weighted by Crippen LogP contribution is -2.05. The molecule has 1 aromatic rings. The third-order valence-corrected chi connectivity index (χ3v) is 4.27. The van der Waals surface area contributed by atoms with Crippen molar-refractivity contribution in [2.45, 2.75) is 25.7 Å². The number of rotatable bonds is 3. The lowest BCUT2D eigenvalue weighted by Gasteiger charge is -2.10. The number of hydrogen-bond acceptors (Lipinski definition) is 5. The molecule has 0 bridgehead atoms. The van der Waals surface area contributed by atoms with Crippen molar-refractivity contribution < 1.29 is 9.47 Å². The highest BCUT2D eigenvalue weighted by Crippen LogP contribution is 2.26. The highest BCUT2D eigenvalue weighted by Gasteiger charge is 2.19. The highest BCUT2D eigenvalue weighted by atomic mass is 32.2. The maximum atomic E-state index is 5.47. The normalized spacial score (nSPS) is 23.6. The molecule has 3 rings (SSSR count). The van der Waals surface area contributed by atoms with Gasteiger partial charge in [0.2, 0.25) is 0 Å². The van der Waals surface area contributed by atoms with E-state index < -0.39 is 0 Å². The van der Waals surface area contributed by atoms with Gasteiger partial charge >= 0.3 is 0 Å². The number of anilines is 1. The molecule has 1 N–H and O–H groups in total. The summed E-state index contributed by atoms with van der Waals surface area (Å²) in [6.45, 7) is 3.53. The topological polar surface area (TPSA) is 42.8 Å². The van der Waals surface area contributed by atoms with Gasteiger partial charge in [0.15, 0.2) is 11.5 Å². The molecular weight excluding hydrogens is 260 g/mol. The largest absolute Gasteiger partial charge is 0.346 e. The Hall–Kier alpha value is -1.04. The zero-order valence-corrected chi connectivity index (χ0v) is 11.8. The maximum Gasteiger partial charge on any atom is 0.184 e. The summed E-state index contributed by atoms with van der Waals surface area (Å²) in [4.78, 5) is 4.62. The van der Waals surface area contributed by atoms with Gasteiger partial charge < -0.3 is 14.8 Å². The maximum absolute atomic E-state index is 5.47. The van der Waals surface area contributed by atoms with Crippen molar-refractivity contribution in [3.63, 3.8) is 0 Å². The SMILES string of the molecule is CCC1CSC(Nc2ccc(C3OCCO3)cc2)=N1. The Balaban J connectivity index is 1.63. The molecule has 0 aliphatic carbocycles. The van der Waals surface area contributed by atoms with Crippen molar-refractivity contribution in [1.29, 1.82) is 0 Å². The molecule has 0 radical (unpaired) electrons. The molecular formula is C14H18N2O2S. The minimum absolute atomic E-state index is 0.197. The fraction of sp³-hybridized carbons (Fsp3) is 0.500. The molecule has 5 heteroatoms. The number of thioether (sulfide) groups is 1. The summed E-state index contributed by atoms with van der Waals surface area (Å²) in [5.74, 6) is 1.08. The zero-order chi connectivity index (χ0) is 13.1. The van der Waals surface area contributed by atoms with Gasteiger partial charge in [0.25, 0.3) is 0 Å². The van der Waals surface area contributed by atoms with Crippen molar-refractivity contribution in [3.05, 3.63) is 29.8 Å². The van der Waals surface area contributed by atoms with Crippen LogP contribution >= 0.6 is 11.8 Å². The minimum Gasteiger partial charge on any atom is -0.346 e. The number of aliphatic imine (C=N–C) groups is 1. The Kier molecular flexibility index (Phi) is 4.06. The summed E-state index contributed by atoms with van der Waals surface area (Å²) in [7, 11) is 0. The molecule has 2 aliphatic heterocycles. The molecule has 0 saturated carbocycles. The standard InChI is InChI=1S/C14H18N2O2S/c1-2-11-9-19-14(15-11)16-12-5-3-10(4-6-12)13-17-7-8-18-13/h3-6,11,13H,2,7-9H2,1H3,(H,15,16). The summed E-state index contributed by atoms with van der Waals surface area (Å²) in [5.41, 5.74) is 2.13. The van der Waals surface area contributed by atoms with Crippen LogP contribution in [0.1, 0.15) is 25.2 Å². The summed E-state index contributed by atoms with van der Waals surface area (Å²) < 4.78 is 10.9. The predicted octanol–water partition coefficient (Wildman–Crippen LogP) is 3.03. The van der Waals surface area contributed by atoms with Crippen molar-refractivity contribution in [2.75, 3.05) is 24.3 Å². The first-order chi connectivity index (χ1) is 9.35. The predicted molar refractivity (Wildman–Crippen MR) is 78.7 cm³/mol. The molecule has 4 nitrogen and oxygen atoms in total. The van der Waals surface area contributed by atoms with E-state index >= 15 is 0 Å². The molecule has 1 aromatic carbocycles. The van der Waals surface area contributed by atoms with E-state index in [2.05, 4.69) is 17.2 Å². The van der Waals surface area contributed by atoms with Crippen LogP contribution in [-0.2, 0) is 9.47 Å². The minimum atomic E-state index is -0.197. The van der Waals surface area contributed by atoms with E-state index in [1.54, 1.807) is 11.8 Å². The summed E-state index contributed by atoms with van der Waals surface area (Å²) in [6, 6.07) is 8.63. The van der Waals surface area contributed by atoms with Crippen LogP contribution in [0, 0.1) is 0 Å². The molecule has 19 heavy (non-hydrogen) atoms. The van der Waals surface area contributed by atoms with E-state index in [1.807, 2.05) is 24.3 Å². The number of ether oxygens (including phenoxy) is 2. The van der Waals surface area contributed by atoms with Gasteiger partial charge in [-0.25, -0.2) is 0 Å². The van der Waals surface area contributed by atoms with Crippen LogP contribution in [0.4, 0.5) is 5.69 Å². The van der Waals surface area contributed by atoms with Crippen LogP contribution in [-0.4, -0.2) is 30.2 Å². The number of nitrogens with zero attached hydrogens (tertiary/aromatic N) is 1. The molecule has 2 heterocycles. The summed E-state index contributed by atoms with van der Waals surface area (Å²) >= 11 is 1.79. The van der Waals surface area contributed by atoms with E-state index in [0.29, 0.717) is 19.3 Å². The highest BCUT2D eigenvalue weighted by molar-refractivity contribution is 8.14. The van der Waals surface area contributed by atoms with Crippen molar-refractivity contribution >= 4 is 22.6 Å². The molecule has 0 amide bonds. The quantitative estimate of drug-likeness (QED) is 0.923. The van der Waals surface area contributed by atoms with Crippen molar-refractivity contribution in [2.24, 2.45) is 4.99 Å². The van der Waals surface area contributed by atoms with Crippen molar-refractivity contribution in [3.8, 4) is 0 Å². The van der Waals surface area contributed by atoms with Crippen LogP contribution in [0.5, 0.6) is 0 Å². The van der Waals surface area contributed by atoms with Crippen molar-refractivity contribution in [1.82, 2.24) is 0 Å². The number of amidine groups is 1. The van der Waals surface area contributed by atoms with E-state index in [9.17, 15) is 0 Å². The third kappa shape index (κ3) is 3.11. The summed E-state index contributed by atoms with van der Waals surface area (Å²) in [5, 5.41) is 4.38. The molecule has 2 aliphatic rings. The second kappa shape index (κ2) is 5.94. The molecule has 0 spiro atoms. The lowest BCUT2D eigenvalue weighted by atomic mass is 10.2. The zero-order valence-electron chi connectivity index (χ0n) is 11.0. The first-order valence-corrected chi connectivity index (χ1v) is 7.64. The van der Waals surface area contributed by atoms with Crippen LogP contribution in [0.3, 0.4) is 0 Å². The average molecular weight is 278 g/mol. The Morgan fingerprint density at radius 2 is 2.00 bits per heavy atom. The molecule has 1 unspecified atom stereocenters. The van der Waals surface area contributed by atoms with Gasteiger partial charge in [-0.3, -0.25) is 4.99 Å². The second-order valence-corrected chi connectivity index (χ2v) is 5.64. The Bertz CT molecular complexity index is 455. The van der Waals surface area contributed by atoms with Gasteiger partial charge in [-0.1, -0.05) is 30.8 Å². The molecule has 1 fully saturated rings. The Labute approximate surface area is 117 Å². The molecule has 102 valence electrons. The van der Waals surface area contributed by atoms with E-state index in [0.717, 1.165) is 28.6 Å². The number of benzene rings is 1. The van der Waals surface area contributed by atoms with Crippen LogP contribution in [0.25, 0.3) is 0 Å². The van der Waals surface area contributed by atoms with Gasteiger partial charge in [0, 0.05) is 17.0 Å². The van der Waals surface area contributed by atoms with E-state index in [-0.39, 0.29) is 6.29 Å². The van der Waals surface area contributed by atoms with Crippen LogP contribution < -0.4 is 5.32 Å². The van der Waals surface area contributed by atoms with Gasteiger partial charge in [0.1, 0.15) is 0 Å². The Morgan fingerprint density at radius 1 is 1.26 bits per heavy atom. The number of hydrogen-bond donors (Lipinski definition) is 1. The summed E-state index contributed by atoms with van der Waals surface area (Å²) in [6.07, 6.45) is 0.907. The third-order valence-electron chi connectivity index (χ3n) is 3.24. The van der Waals surface area contributed by atoms with E-state index in [4.69, 9.17) is 9.47 Å². The van der Waals surface area contributed by atoms with E-state index in [1.165, 1.54) is 0 Å². The lowest BCUT2D eigenvalue weighted by molar-refractivity contribution is -0.0441. The second-order valence-electron chi connectivity index (χ2n) is 4.63. The number of nitrogens with one attached hydrogen (secondary N) is 1. The monoisotopic (exact) mass is 278 g/mol. The van der Waals surface area contributed by atoms with Crippen LogP contribution in [0.15, 0.2) is 29.3 Å². The van der Waals surface area contributed by atoms with Gasteiger partial charge in [-0.15, -0.1) is 0 Å². The van der Waals surface area contributed by atoms with Gasteiger partial charge in [-0.2, -0.15) is 0 Å². The van der Waals surface area contributed by atoms with Gasteiger partial charge in [-0.05, 0) is 18.6 Å². The first-order valence-electron chi connectivity index (χ1n) is 6.66.